The van der Waals surface area contributed by atoms with E-state index >= 15 is 8.78 Å². The Balaban J connectivity index is 1.16. The number of halogens is 3. The molecule has 2 bridgehead atoms. The first kappa shape index (κ1) is 34.1. The number of aromatic hydroxyl groups is 1. The van der Waals surface area contributed by atoms with E-state index in [1.807, 2.05) is 30.2 Å². The summed E-state index contributed by atoms with van der Waals surface area (Å²) < 4.78 is 57.9. The Labute approximate surface area is 315 Å². The SMILES string of the molecule is C#Cc1c(F)ccc2cc(O)cc(-c3c(F)c4nc(OC[C@@]56CCCN5C[C@H](F)C6)nc(N5C[C@H]6CC[C@@H](C5)N6Cc5nccn5C)c4c4cn(C)nc34)c12. The van der Waals surface area contributed by atoms with Gasteiger partial charge in [0.05, 0.1) is 23.0 Å². The van der Waals surface area contributed by atoms with E-state index < -0.39 is 23.3 Å². The van der Waals surface area contributed by atoms with Crippen molar-refractivity contribution >= 4 is 38.4 Å². The number of anilines is 1. The Morgan fingerprint density at radius 2 is 1.87 bits per heavy atom. The molecule has 3 aromatic heterocycles. The van der Waals surface area contributed by atoms with E-state index in [0.717, 1.165) is 44.6 Å². The highest BCUT2D eigenvalue weighted by Crippen LogP contribution is 2.46. The lowest BCUT2D eigenvalue weighted by atomic mass is 9.91. The summed E-state index contributed by atoms with van der Waals surface area (Å²) in [6.07, 6.45) is 14.6. The molecule has 55 heavy (non-hydrogen) atoms. The van der Waals surface area contributed by atoms with Gasteiger partial charge in [-0.3, -0.25) is 14.5 Å². The number of phenolic OH excluding ortho intramolecular Hbond substituents is 1. The fraction of sp³-hybridized carbons (Fsp3) is 0.415. The molecule has 0 amide bonds. The molecule has 0 spiro atoms. The number of hydrogen-bond acceptors (Lipinski definition) is 9. The monoisotopic (exact) mass is 747 g/mol. The van der Waals surface area contributed by atoms with Gasteiger partial charge >= 0.3 is 6.01 Å². The highest BCUT2D eigenvalue weighted by molar-refractivity contribution is 6.18. The van der Waals surface area contributed by atoms with Crippen molar-refractivity contribution in [3.05, 3.63) is 65.9 Å². The molecular formula is C41H40F3N9O2. The maximum Gasteiger partial charge on any atom is 0.319 e. The number of imidazole rings is 1. The molecule has 0 unspecified atom stereocenters. The lowest BCUT2D eigenvalue weighted by Crippen LogP contribution is -2.53. The van der Waals surface area contributed by atoms with Crippen LogP contribution in [0.25, 0.3) is 43.7 Å². The van der Waals surface area contributed by atoms with E-state index in [0.29, 0.717) is 53.5 Å². The normalized spacial score (nSPS) is 24.1. The first-order valence-electron chi connectivity index (χ1n) is 18.9. The molecule has 4 aliphatic heterocycles. The van der Waals surface area contributed by atoms with Crippen molar-refractivity contribution < 1.29 is 23.0 Å². The Kier molecular flexibility index (Phi) is 7.80. The predicted octanol–water partition coefficient (Wildman–Crippen LogP) is 5.84. The molecule has 4 saturated heterocycles. The van der Waals surface area contributed by atoms with Gasteiger partial charge < -0.3 is 19.3 Å². The maximum absolute atomic E-state index is 17.8. The van der Waals surface area contributed by atoms with Gasteiger partial charge in [-0.15, -0.1) is 6.42 Å². The summed E-state index contributed by atoms with van der Waals surface area (Å²) in [5.41, 5.74) is -0.00913. The van der Waals surface area contributed by atoms with Crippen LogP contribution >= 0.6 is 0 Å². The second-order valence-electron chi connectivity index (χ2n) is 15.7. The maximum atomic E-state index is 17.8. The number of ether oxygens (including phenoxy) is 1. The zero-order chi connectivity index (χ0) is 37.7. The molecule has 0 aliphatic carbocycles. The third kappa shape index (κ3) is 5.34. The third-order valence-electron chi connectivity index (χ3n) is 12.5. The number of rotatable bonds is 7. The number of aryl methyl sites for hydroxylation is 2. The summed E-state index contributed by atoms with van der Waals surface area (Å²) >= 11 is 0. The zero-order valence-corrected chi connectivity index (χ0v) is 30.6. The van der Waals surface area contributed by atoms with E-state index in [-0.39, 0.29) is 58.0 Å². The smallest absolute Gasteiger partial charge is 0.319 e. The first-order valence-corrected chi connectivity index (χ1v) is 18.9. The zero-order valence-electron chi connectivity index (χ0n) is 30.6. The standard InChI is InChI=1S/C41H40F3N9O2/c1-4-28-31(43)9-6-23-14-27(54)15-29(33(23)28)34-36(44)38-35(30-20-50(3)48-37(30)34)39(47-40(46-38)55-22-41-10-5-12-52(41)17-24(42)16-41)51-18-25-7-8-26(19-51)53(25)21-32-45-11-13-49(32)2/h1,6,9,11,13-15,20,24-26,54H,5,7-8,10,12,16-19,21-22H2,2-3H3/t24-,25-,26+,41+/m1/s1. The van der Waals surface area contributed by atoms with Crippen molar-refractivity contribution in [2.75, 3.05) is 37.7 Å². The van der Waals surface area contributed by atoms with Crippen molar-refractivity contribution in [2.45, 2.75) is 62.4 Å². The summed E-state index contributed by atoms with van der Waals surface area (Å²) in [5, 5.41) is 17.4. The summed E-state index contributed by atoms with van der Waals surface area (Å²) in [5.74, 6) is 2.46. The minimum Gasteiger partial charge on any atom is -0.508 e. The molecule has 1 N–H and O–H groups in total. The summed E-state index contributed by atoms with van der Waals surface area (Å²) in [6, 6.07) is 6.02. The van der Waals surface area contributed by atoms with Crippen molar-refractivity contribution in [3.8, 4) is 35.2 Å². The molecule has 6 aromatic rings. The fourth-order valence-corrected chi connectivity index (χ4v) is 10.00. The van der Waals surface area contributed by atoms with Gasteiger partial charge in [0.15, 0.2) is 5.82 Å². The van der Waals surface area contributed by atoms with E-state index in [9.17, 15) is 9.50 Å². The molecule has 4 aliphatic rings. The molecule has 0 saturated carbocycles. The Morgan fingerprint density at radius 1 is 1.05 bits per heavy atom. The van der Waals surface area contributed by atoms with Crippen LogP contribution in [0.15, 0.2) is 42.9 Å². The van der Waals surface area contributed by atoms with Crippen molar-refractivity contribution in [1.82, 2.24) is 39.1 Å². The minimum atomic E-state index is -0.941. The van der Waals surface area contributed by atoms with Crippen LogP contribution in [0.1, 0.15) is 43.5 Å². The van der Waals surface area contributed by atoms with E-state index in [1.165, 1.54) is 24.3 Å². The average molecular weight is 748 g/mol. The van der Waals surface area contributed by atoms with Crippen molar-refractivity contribution in [3.63, 3.8) is 0 Å². The Hall–Kier alpha value is -5.39. The number of terminal acetylenes is 1. The Morgan fingerprint density at radius 3 is 2.64 bits per heavy atom. The highest BCUT2D eigenvalue weighted by atomic mass is 19.1. The van der Waals surface area contributed by atoms with E-state index in [4.69, 9.17) is 26.2 Å². The van der Waals surface area contributed by atoms with Crippen LogP contribution < -0.4 is 9.64 Å². The molecule has 7 heterocycles. The first-order chi connectivity index (χ1) is 26.6. The molecule has 10 rings (SSSR count). The van der Waals surface area contributed by atoms with Gasteiger partial charge in [0.1, 0.15) is 47.0 Å². The number of piperazine rings is 1. The minimum absolute atomic E-state index is 0.00182. The van der Waals surface area contributed by atoms with Crippen LogP contribution in [0, 0.1) is 24.0 Å². The van der Waals surface area contributed by atoms with Crippen LogP contribution in [0.2, 0.25) is 0 Å². The summed E-state index contributed by atoms with van der Waals surface area (Å²) in [4.78, 5) is 21.3. The van der Waals surface area contributed by atoms with Gasteiger partial charge in [0, 0.05) is 87.2 Å². The van der Waals surface area contributed by atoms with Crippen LogP contribution in [0.3, 0.4) is 0 Å². The van der Waals surface area contributed by atoms with Crippen molar-refractivity contribution in [1.29, 1.82) is 0 Å². The molecule has 14 heteroatoms. The largest absolute Gasteiger partial charge is 0.508 e. The number of alkyl halides is 1. The lowest BCUT2D eigenvalue weighted by molar-refractivity contribution is 0.107. The second kappa shape index (κ2) is 12.6. The fourth-order valence-electron chi connectivity index (χ4n) is 10.00. The van der Waals surface area contributed by atoms with Crippen LogP contribution in [0.5, 0.6) is 11.8 Å². The van der Waals surface area contributed by atoms with Crippen LogP contribution in [-0.4, -0.2) is 101 Å². The van der Waals surface area contributed by atoms with Gasteiger partial charge in [-0.1, -0.05) is 12.0 Å². The van der Waals surface area contributed by atoms with Crippen molar-refractivity contribution in [2.24, 2.45) is 14.1 Å². The number of nitrogens with zero attached hydrogens (tertiary/aromatic N) is 9. The van der Waals surface area contributed by atoms with E-state index in [2.05, 4.69) is 25.6 Å². The van der Waals surface area contributed by atoms with Gasteiger partial charge in [0.25, 0.3) is 0 Å². The molecule has 0 radical (unpaired) electrons. The quantitative estimate of drug-likeness (QED) is 0.202. The molecule has 282 valence electrons. The lowest BCUT2D eigenvalue weighted by Gasteiger charge is -2.41. The Bertz CT molecular complexity index is 2570. The van der Waals surface area contributed by atoms with Crippen LogP contribution in [0.4, 0.5) is 19.0 Å². The van der Waals surface area contributed by atoms with Gasteiger partial charge in [-0.05, 0) is 61.4 Å². The molecule has 4 atom stereocenters. The number of phenols is 1. The topological polar surface area (TPSA) is 101 Å². The molecular weight excluding hydrogens is 708 g/mol. The van der Waals surface area contributed by atoms with E-state index in [1.54, 1.807) is 11.7 Å². The molecule has 4 fully saturated rings. The summed E-state index contributed by atoms with van der Waals surface area (Å²) in [7, 11) is 3.76. The number of fused-ring (bicyclic) bond motifs is 7. The van der Waals surface area contributed by atoms with Crippen LogP contribution in [-0.2, 0) is 20.6 Å². The molecule has 11 nitrogen and oxygen atoms in total. The summed E-state index contributed by atoms with van der Waals surface area (Å²) in [6.45, 7) is 3.35. The van der Waals surface area contributed by atoms with Gasteiger partial charge in [-0.2, -0.15) is 15.1 Å². The van der Waals surface area contributed by atoms with Gasteiger partial charge in [-0.25, -0.2) is 18.2 Å². The molecule has 3 aromatic carbocycles. The number of benzene rings is 3. The van der Waals surface area contributed by atoms with Gasteiger partial charge in [0.2, 0.25) is 0 Å². The predicted molar refractivity (Wildman–Crippen MR) is 203 cm³/mol. The third-order valence-corrected chi connectivity index (χ3v) is 12.5. The highest BCUT2D eigenvalue weighted by Gasteiger charge is 2.49. The number of aromatic nitrogens is 6. The average Bonchev–Trinajstić information content (AvgIpc) is 3.96. The second-order valence-corrected chi connectivity index (χ2v) is 15.7. The number of hydrogen-bond donors (Lipinski definition) is 1.